The molecule has 90 valence electrons. The third kappa shape index (κ3) is 4.11. The smallest absolute Gasteiger partial charge is 0.326 e. The molecule has 1 atom stereocenters. The Bertz CT molecular complexity index is 426. The molecule has 2 N–H and O–H groups in total. The Kier molecular flexibility index (Phi) is 4.95. The molecule has 5 nitrogen and oxygen atoms in total. The molecule has 0 fully saturated rings. The molecule has 0 bridgehead atoms. The normalized spacial score (nSPS) is 11.5. The van der Waals surface area contributed by atoms with Gasteiger partial charge in [-0.3, -0.25) is 0 Å². The Morgan fingerprint density at radius 2 is 2.47 bits per heavy atom. The molecule has 1 rings (SSSR count). The lowest BCUT2D eigenvalue weighted by molar-refractivity contribution is -0.138. The molecular weight excluding hydrogens is 218 g/mol. The van der Waals surface area contributed by atoms with Crippen molar-refractivity contribution < 1.29 is 9.90 Å². The maximum absolute atomic E-state index is 11.0. The number of carboxylic acid groups (broad SMARTS) is 1. The monoisotopic (exact) mass is 233 g/mol. The van der Waals surface area contributed by atoms with Crippen molar-refractivity contribution in [2.24, 2.45) is 0 Å². The second kappa shape index (κ2) is 6.48. The quantitative estimate of drug-likeness (QED) is 0.784. The van der Waals surface area contributed by atoms with Gasteiger partial charge in [0.15, 0.2) is 0 Å². The fourth-order valence-corrected chi connectivity index (χ4v) is 1.42. The number of carboxylic acids is 1. The molecule has 1 aromatic heterocycles. The van der Waals surface area contributed by atoms with Crippen molar-refractivity contribution in [1.82, 2.24) is 4.98 Å². The first-order chi connectivity index (χ1) is 8.17. The number of nitriles is 1. The zero-order valence-corrected chi connectivity index (χ0v) is 9.68. The van der Waals surface area contributed by atoms with E-state index in [1.807, 2.05) is 13.0 Å². The van der Waals surface area contributed by atoms with Gasteiger partial charge < -0.3 is 10.4 Å². The Hall–Kier alpha value is -2.09. The summed E-state index contributed by atoms with van der Waals surface area (Å²) >= 11 is 0. The van der Waals surface area contributed by atoms with Crippen molar-refractivity contribution in [3.05, 3.63) is 23.9 Å². The summed E-state index contributed by atoms with van der Waals surface area (Å²) < 4.78 is 0. The number of unbranched alkanes of at least 4 members (excludes halogenated alkanes) is 1. The van der Waals surface area contributed by atoms with E-state index in [4.69, 9.17) is 10.4 Å². The van der Waals surface area contributed by atoms with Gasteiger partial charge in [0, 0.05) is 6.20 Å². The molecule has 5 heteroatoms. The van der Waals surface area contributed by atoms with Gasteiger partial charge >= 0.3 is 5.97 Å². The highest BCUT2D eigenvalue weighted by atomic mass is 16.4. The van der Waals surface area contributed by atoms with Gasteiger partial charge in [-0.05, 0) is 18.6 Å². The van der Waals surface area contributed by atoms with Crippen LogP contribution in [0.25, 0.3) is 0 Å². The summed E-state index contributed by atoms with van der Waals surface area (Å²) in [7, 11) is 0. The van der Waals surface area contributed by atoms with E-state index < -0.39 is 12.0 Å². The number of nitrogens with one attached hydrogen (secondary N) is 1. The minimum Gasteiger partial charge on any atom is -0.480 e. The number of carbonyl (C=O) groups is 1. The van der Waals surface area contributed by atoms with Crippen molar-refractivity contribution in [2.75, 3.05) is 5.32 Å². The summed E-state index contributed by atoms with van der Waals surface area (Å²) in [5, 5.41) is 20.6. The van der Waals surface area contributed by atoms with E-state index in [0.717, 1.165) is 12.8 Å². The largest absolute Gasteiger partial charge is 0.480 e. The summed E-state index contributed by atoms with van der Waals surface area (Å²) in [4.78, 5) is 15.0. The minimum atomic E-state index is -0.900. The number of hydrogen-bond acceptors (Lipinski definition) is 4. The van der Waals surface area contributed by atoms with Gasteiger partial charge in [0.25, 0.3) is 0 Å². The predicted molar refractivity (Wildman–Crippen MR) is 63.5 cm³/mol. The van der Waals surface area contributed by atoms with Crippen LogP contribution in [0.4, 0.5) is 5.82 Å². The zero-order valence-electron chi connectivity index (χ0n) is 9.68. The molecule has 0 radical (unpaired) electrons. The highest BCUT2D eigenvalue weighted by molar-refractivity contribution is 5.76. The number of rotatable bonds is 6. The fourth-order valence-electron chi connectivity index (χ4n) is 1.42. The second-order valence-electron chi connectivity index (χ2n) is 3.72. The standard InChI is InChI=1S/C12H15N3O2/c1-2-3-4-10(12(16)17)15-11-7-9(8-13)5-6-14-11/h5-7,10H,2-4H2,1H3,(H,14,15)(H,16,17)/t10-/m0/s1. The summed E-state index contributed by atoms with van der Waals surface area (Å²) in [6, 6.07) is 4.45. The number of anilines is 1. The molecule has 0 saturated carbocycles. The maximum atomic E-state index is 11.0. The van der Waals surface area contributed by atoms with Gasteiger partial charge in [-0.1, -0.05) is 19.8 Å². The lowest BCUT2D eigenvalue weighted by Gasteiger charge is -2.14. The number of aromatic nitrogens is 1. The number of pyridine rings is 1. The fraction of sp³-hybridized carbons (Fsp3) is 0.417. The van der Waals surface area contributed by atoms with Gasteiger partial charge in [0.05, 0.1) is 11.6 Å². The highest BCUT2D eigenvalue weighted by Crippen LogP contribution is 2.10. The Morgan fingerprint density at radius 1 is 1.71 bits per heavy atom. The van der Waals surface area contributed by atoms with Crippen LogP contribution >= 0.6 is 0 Å². The molecule has 0 unspecified atom stereocenters. The third-order valence-corrected chi connectivity index (χ3v) is 2.36. The molecule has 0 spiro atoms. The van der Waals surface area contributed by atoms with Crippen LogP contribution < -0.4 is 5.32 Å². The van der Waals surface area contributed by atoms with Crippen molar-refractivity contribution >= 4 is 11.8 Å². The Balaban J connectivity index is 2.72. The van der Waals surface area contributed by atoms with Crippen molar-refractivity contribution in [3.8, 4) is 6.07 Å². The van der Waals surface area contributed by atoms with Gasteiger partial charge in [-0.15, -0.1) is 0 Å². The van der Waals surface area contributed by atoms with Crippen LogP contribution in [-0.4, -0.2) is 22.1 Å². The van der Waals surface area contributed by atoms with Gasteiger partial charge in [-0.25, -0.2) is 9.78 Å². The Labute approximate surface area is 100 Å². The van der Waals surface area contributed by atoms with Crippen LogP contribution in [0.5, 0.6) is 0 Å². The van der Waals surface area contributed by atoms with E-state index in [1.165, 1.54) is 6.20 Å². The highest BCUT2D eigenvalue weighted by Gasteiger charge is 2.16. The number of nitrogens with zero attached hydrogens (tertiary/aromatic N) is 2. The predicted octanol–water partition coefficient (Wildman–Crippen LogP) is 2.01. The van der Waals surface area contributed by atoms with E-state index in [9.17, 15) is 4.79 Å². The SMILES string of the molecule is CCCC[C@H](Nc1cc(C#N)ccn1)C(=O)O. The minimum absolute atomic E-state index is 0.424. The summed E-state index contributed by atoms with van der Waals surface area (Å²) in [5.41, 5.74) is 0.460. The van der Waals surface area contributed by atoms with E-state index in [2.05, 4.69) is 10.3 Å². The van der Waals surface area contributed by atoms with Crippen LogP contribution in [0.15, 0.2) is 18.3 Å². The van der Waals surface area contributed by atoms with E-state index >= 15 is 0 Å². The van der Waals surface area contributed by atoms with Crippen LogP contribution in [0.1, 0.15) is 31.7 Å². The first-order valence-corrected chi connectivity index (χ1v) is 5.53. The van der Waals surface area contributed by atoms with Gasteiger partial charge in [0.1, 0.15) is 11.9 Å². The van der Waals surface area contributed by atoms with Crippen molar-refractivity contribution in [2.45, 2.75) is 32.2 Å². The van der Waals surface area contributed by atoms with E-state index in [1.54, 1.807) is 12.1 Å². The molecule has 0 aliphatic rings. The van der Waals surface area contributed by atoms with Gasteiger partial charge in [0.2, 0.25) is 0 Å². The first-order valence-electron chi connectivity index (χ1n) is 5.53. The summed E-state index contributed by atoms with van der Waals surface area (Å²) in [6.07, 6.45) is 3.81. The average molecular weight is 233 g/mol. The second-order valence-corrected chi connectivity index (χ2v) is 3.72. The molecule has 0 aliphatic carbocycles. The lowest BCUT2D eigenvalue weighted by Crippen LogP contribution is -2.29. The summed E-state index contributed by atoms with van der Waals surface area (Å²) in [5.74, 6) is -0.477. The van der Waals surface area contributed by atoms with Crippen molar-refractivity contribution in [3.63, 3.8) is 0 Å². The van der Waals surface area contributed by atoms with Gasteiger partial charge in [-0.2, -0.15) is 5.26 Å². The molecule has 1 heterocycles. The third-order valence-electron chi connectivity index (χ3n) is 2.36. The van der Waals surface area contributed by atoms with Crippen LogP contribution in [0, 0.1) is 11.3 Å². The molecule has 1 aromatic rings. The van der Waals surface area contributed by atoms with E-state index in [-0.39, 0.29) is 0 Å². The molecule has 0 aliphatic heterocycles. The molecular formula is C12H15N3O2. The molecule has 17 heavy (non-hydrogen) atoms. The Morgan fingerprint density at radius 3 is 3.06 bits per heavy atom. The maximum Gasteiger partial charge on any atom is 0.326 e. The number of aliphatic carboxylic acids is 1. The van der Waals surface area contributed by atoms with Crippen LogP contribution in [-0.2, 0) is 4.79 Å². The molecule has 0 amide bonds. The number of hydrogen-bond donors (Lipinski definition) is 2. The average Bonchev–Trinajstić information content (AvgIpc) is 2.34. The molecule has 0 saturated heterocycles. The summed E-state index contributed by atoms with van der Waals surface area (Å²) in [6.45, 7) is 2.01. The lowest BCUT2D eigenvalue weighted by atomic mass is 10.1. The van der Waals surface area contributed by atoms with Crippen LogP contribution in [0.2, 0.25) is 0 Å². The first kappa shape index (κ1) is 13.0. The van der Waals surface area contributed by atoms with E-state index in [0.29, 0.717) is 17.8 Å². The van der Waals surface area contributed by atoms with Crippen molar-refractivity contribution in [1.29, 1.82) is 5.26 Å². The zero-order chi connectivity index (χ0) is 12.7. The topological polar surface area (TPSA) is 86.0 Å². The molecule has 0 aromatic carbocycles. The van der Waals surface area contributed by atoms with Crippen LogP contribution in [0.3, 0.4) is 0 Å².